The second-order valence-corrected chi connectivity index (χ2v) is 4.07. The van der Waals surface area contributed by atoms with Gasteiger partial charge in [0.15, 0.2) is 11.6 Å². The van der Waals surface area contributed by atoms with E-state index in [0.29, 0.717) is 0 Å². The minimum atomic E-state index is -0.405. The number of esters is 1. The molecule has 0 N–H and O–H groups in total. The van der Waals surface area contributed by atoms with Crippen molar-refractivity contribution in [1.29, 1.82) is 0 Å². The summed E-state index contributed by atoms with van der Waals surface area (Å²) in [5, 5.41) is 0. The number of rotatable bonds is 5. The number of halogens is 1. The molecule has 92 valence electrons. The maximum Gasteiger partial charge on any atom is 0.309 e. The minimum absolute atomic E-state index is 0.0726. The number of carbonyl (C=O) groups excluding carboxylic acids is 1. The lowest BCUT2D eigenvalue weighted by Crippen LogP contribution is -2.25. The predicted molar refractivity (Wildman–Crippen MR) is 60.2 cm³/mol. The van der Waals surface area contributed by atoms with Crippen LogP contribution in [0, 0.1) is 11.7 Å². The Morgan fingerprint density at radius 2 is 2.06 bits per heavy atom. The van der Waals surface area contributed by atoms with Crippen LogP contribution >= 0.6 is 0 Å². The van der Waals surface area contributed by atoms with Crippen molar-refractivity contribution in [3.05, 3.63) is 30.1 Å². The van der Waals surface area contributed by atoms with E-state index in [9.17, 15) is 9.18 Å². The molecule has 0 heterocycles. The average Bonchev–Trinajstić information content (AvgIpc) is 2.24. The quantitative estimate of drug-likeness (QED) is 0.584. The van der Waals surface area contributed by atoms with Crippen molar-refractivity contribution in [2.45, 2.75) is 19.3 Å². The highest BCUT2D eigenvalue weighted by Crippen LogP contribution is 2.27. The SMILES string of the molecule is O=C(OCCOc1ccccc1F)C1CCC1. The molecule has 0 bridgehead atoms. The van der Waals surface area contributed by atoms with Crippen molar-refractivity contribution >= 4 is 5.97 Å². The van der Waals surface area contributed by atoms with E-state index in [-0.39, 0.29) is 30.9 Å². The van der Waals surface area contributed by atoms with Crippen LogP contribution in [0.1, 0.15) is 19.3 Å². The molecule has 17 heavy (non-hydrogen) atoms. The maximum absolute atomic E-state index is 13.1. The summed E-state index contributed by atoms with van der Waals surface area (Å²) in [6.07, 6.45) is 2.95. The van der Waals surface area contributed by atoms with E-state index >= 15 is 0 Å². The van der Waals surface area contributed by atoms with Crippen LogP contribution < -0.4 is 4.74 Å². The van der Waals surface area contributed by atoms with Crippen LogP contribution in [0.2, 0.25) is 0 Å². The summed E-state index contributed by atoms with van der Waals surface area (Å²) in [6.45, 7) is 0.350. The molecule has 1 aromatic rings. The van der Waals surface area contributed by atoms with Crippen LogP contribution in [0.25, 0.3) is 0 Å². The van der Waals surface area contributed by atoms with Crippen LogP contribution in [0.3, 0.4) is 0 Å². The third-order valence-electron chi connectivity index (χ3n) is 2.86. The largest absolute Gasteiger partial charge is 0.487 e. The molecular weight excluding hydrogens is 223 g/mol. The first-order valence-corrected chi connectivity index (χ1v) is 5.81. The van der Waals surface area contributed by atoms with Gasteiger partial charge in [-0.1, -0.05) is 18.6 Å². The zero-order valence-corrected chi connectivity index (χ0v) is 9.52. The first-order valence-electron chi connectivity index (χ1n) is 5.81. The molecule has 0 aromatic heterocycles. The summed E-state index contributed by atoms with van der Waals surface area (Å²) in [4.78, 5) is 11.4. The van der Waals surface area contributed by atoms with Gasteiger partial charge in [0.2, 0.25) is 0 Å². The summed E-state index contributed by atoms with van der Waals surface area (Å²) < 4.78 is 23.3. The highest BCUT2D eigenvalue weighted by molar-refractivity contribution is 5.73. The summed E-state index contributed by atoms with van der Waals surface area (Å²) in [5.41, 5.74) is 0. The molecular formula is C13H15FO3. The molecule has 1 aromatic carbocycles. The third kappa shape index (κ3) is 3.19. The Morgan fingerprint density at radius 3 is 2.71 bits per heavy atom. The summed E-state index contributed by atoms with van der Waals surface area (Å²) >= 11 is 0. The summed E-state index contributed by atoms with van der Waals surface area (Å²) in [5.74, 6) is -0.304. The van der Waals surface area contributed by atoms with Crippen molar-refractivity contribution < 1.29 is 18.7 Å². The Kier molecular flexibility index (Phi) is 3.96. The van der Waals surface area contributed by atoms with E-state index in [1.165, 1.54) is 6.07 Å². The Hall–Kier alpha value is -1.58. The molecule has 1 aliphatic rings. The van der Waals surface area contributed by atoms with Gasteiger partial charge in [0.25, 0.3) is 0 Å². The van der Waals surface area contributed by atoms with Gasteiger partial charge in [-0.2, -0.15) is 0 Å². The van der Waals surface area contributed by atoms with E-state index in [0.717, 1.165) is 19.3 Å². The number of ether oxygens (including phenoxy) is 2. The van der Waals surface area contributed by atoms with Gasteiger partial charge < -0.3 is 9.47 Å². The predicted octanol–water partition coefficient (Wildman–Crippen LogP) is 2.55. The first kappa shape index (κ1) is 11.9. The molecule has 3 nitrogen and oxygen atoms in total. The van der Waals surface area contributed by atoms with E-state index < -0.39 is 5.82 Å². The maximum atomic E-state index is 13.1. The lowest BCUT2D eigenvalue weighted by Gasteiger charge is -2.23. The van der Waals surface area contributed by atoms with Crippen molar-refractivity contribution in [1.82, 2.24) is 0 Å². The second-order valence-electron chi connectivity index (χ2n) is 4.07. The van der Waals surface area contributed by atoms with Gasteiger partial charge in [-0.05, 0) is 25.0 Å². The van der Waals surface area contributed by atoms with E-state index in [1.807, 2.05) is 0 Å². The Bertz CT molecular complexity index is 388. The standard InChI is InChI=1S/C13H15FO3/c14-11-6-1-2-7-12(11)16-8-9-17-13(15)10-4-3-5-10/h1-2,6-7,10H,3-5,8-9H2. The first-order chi connectivity index (χ1) is 8.27. The van der Waals surface area contributed by atoms with Crippen molar-refractivity contribution in [3.63, 3.8) is 0 Å². The zero-order chi connectivity index (χ0) is 12.1. The molecule has 1 aliphatic carbocycles. The van der Waals surface area contributed by atoms with Crippen molar-refractivity contribution in [3.8, 4) is 5.75 Å². The topological polar surface area (TPSA) is 35.5 Å². The van der Waals surface area contributed by atoms with Crippen LogP contribution in [0.5, 0.6) is 5.75 Å². The Balaban J connectivity index is 1.66. The number of hydrogen-bond donors (Lipinski definition) is 0. The van der Waals surface area contributed by atoms with Crippen LogP contribution in [0.4, 0.5) is 4.39 Å². The lowest BCUT2D eigenvalue weighted by atomic mass is 9.86. The number of benzene rings is 1. The highest BCUT2D eigenvalue weighted by Gasteiger charge is 2.26. The fourth-order valence-corrected chi connectivity index (χ4v) is 1.62. The van der Waals surface area contributed by atoms with Gasteiger partial charge in [-0.15, -0.1) is 0 Å². The molecule has 0 atom stereocenters. The van der Waals surface area contributed by atoms with Crippen LogP contribution in [-0.4, -0.2) is 19.2 Å². The molecule has 2 rings (SSSR count). The molecule has 0 unspecified atom stereocenters. The normalized spacial score (nSPS) is 15.1. The number of carbonyl (C=O) groups is 1. The van der Waals surface area contributed by atoms with Gasteiger partial charge in [0, 0.05) is 0 Å². The van der Waals surface area contributed by atoms with Crippen LogP contribution in [0.15, 0.2) is 24.3 Å². The molecule has 1 saturated carbocycles. The monoisotopic (exact) mass is 238 g/mol. The van der Waals surface area contributed by atoms with Crippen LogP contribution in [-0.2, 0) is 9.53 Å². The molecule has 0 saturated heterocycles. The molecule has 0 amide bonds. The molecule has 1 fully saturated rings. The fraction of sp³-hybridized carbons (Fsp3) is 0.462. The van der Waals surface area contributed by atoms with E-state index in [4.69, 9.17) is 9.47 Å². The van der Waals surface area contributed by atoms with Crippen molar-refractivity contribution in [2.75, 3.05) is 13.2 Å². The number of para-hydroxylation sites is 1. The van der Waals surface area contributed by atoms with Gasteiger partial charge in [0.05, 0.1) is 5.92 Å². The Morgan fingerprint density at radius 1 is 1.29 bits per heavy atom. The number of hydrogen-bond acceptors (Lipinski definition) is 3. The van der Waals surface area contributed by atoms with Gasteiger partial charge in [-0.3, -0.25) is 4.79 Å². The molecule has 0 radical (unpaired) electrons. The molecule has 0 spiro atoms. The molecule has 0 aliphatic heterocycles. The van der Waals surface area contributed by atoms with E-state index in [2.05, 4.69) is 0 Å². The van der Waals surface area contributed by atoms with Gasteiger partial charge in [0.1, 0.15) is 13.2 Å². The van der Waals surface area contributed by atoms with Gasteiger partial charge in [-0.25, -0.2) is 4.39 Å². The smallest absolute Gasteiger partial charge is 0.309 e. The second kappa shape index (κ2) is 5.66. The van der Waals surface area contributed by atoms with Gasteiger partial charge >= 0.3 is 5.97 Å². The van der Waals surface area contributed by atoms with Crippen molar-refractivity contribution in [2.24, 2.45) is 5.92 Å². The fourth-order valence-electron chi connectivity index (χ4n) is 1.62. The third-order valence-corrected chi connectivity index (χ3v) is 2.86. The average molecular weight is 238 g/mol. The molecule has 4 heteroatoms. The van der Waals surface area contributed by atoms with E-state index in [1.54, 1.807) is 18.2 Å². The summed E-state index contributed by atoms with van der Waals surface area (Å²) in [6, 6.07) is 6.16. The Labute approximate surface area is 99.5 Å². The lowest BCUT2D eigenvalue weighted by molar-refractivity contribution is -0.152. The minimum Gasteiger partial charge on any atom is -0.487 e. The summed E-state index contributed by atoms with van der Waals surface area (Å²) in [7, 11) is 0. The highest BCUT2D eigenvalue weighted by atomic mass is 19.1. The zero-order valence-electron chi connectivity index (χ0n) is 9.52.